The molecule has 0 saturated carbocycles. The Labute approximate surface area is 182 Å². The molecule has 0 bridgehead atoms. The van der Waals surface area contributed by atoms with E-state index < -0.39 is 0 Å². The van der Waals surface area contributed by atoms with E-state index in [9.17, 15) is 9.90 Å². The molecule has 164 valence electrons. The first-order chi connectivity index (χ1) is 14.9. The minimum Gasteiger partial charge on any atom is -0.507 e. The quantitative estimate of drug-likeness (QED) is 0.740. The molecule has 2 aliphatic heterocycles. The van der Waals surface area contributed by atoms with Gasteiger partial charge in [-0.1, -0.05) is 0 Å². The normalized spacial score (nSPS) is 18.2. The predicted molar refractivity (Wildman–Crippen MR) is 118 cm³/mol. The van der Waals surface area contributed by atoms with Gasteiger partial charge in [0.15, 0.2) is 5.76 Å². The SMILES string of the molecule is COc1ccc(OC)c(/C=C2\Oc3c(CN4CCN(C)CC4)c(O)cc(C)c3C2=O)c1. The van der Waals surface area contributed by atoms with Gasteiger partial charge in [0.1, 0.15) is 23.0 Å². The van der Waals surface area contributed by atoms with Gasteiger partial charge in [0.05, 0.1) is 25.3 Å². The average molecular weight is 424 g/mol. The van der Waals surface area contributed by atoms with Crippen LogP contribution >= 0.6 is 0 Å². The lowest BCUT2D eigenvalue weighted by Gasteiger charge is -2.32. The number of likely N-dealkylation sites (N-methyl/N-ethyl adjacent to an activating group) is 1. The average Bonchev–Trinajstić information content (AvgIpc) is 3.08. The van der Waals surface area contributed by atoms with Gasteiger partial charge in [-0.25, -0.2) is 0 Å². The Balaban J connectivity index is 1.70. The van der Waals surface area contributed by atoms with Gasteiger partial charge in [0.25, 0.3) is 0 Å². The van der Waals surface area contributed by atoms with Gasteiger partial charge in [-0.05, 0) is 49.9 Å². The zero-order chi connectivity index (χ0) is 22.1. The lowest BCUT2D eigenvalue weighted by molar-refractivity contribution is 0.101. The maximum Gasteiger partial charge on any atom is 0.232 e. The minimum absolute atomic E-state index is 0.156. The Bertz CT molecular complexity index is 1040. The number of hydrogen-bond acceptors (Lipinski definition) is 7. The van der Waals surface area contributed by atoms with Crippen LogP contribution in [-0.2, 0) is 6.54 Å². The van der Waals surface area contributed by atoms with Crippen molar-refractivity contribution in [1.82, 2.24) is 9.80 Å². The molecule has 2 aromatic carbocycles. The number of hydrogen-bond donors (Lipinski definition) is 1. The van der Waals surface area contributed by atoms with Crippen molar-refractivity contribution in [3.8, 4) is 23.0 Å². The number of rotatable bonds is 5. The van der Waals surface area contributed by atoms with Gasteiger partial charge in [-0.3, -0.25) is 9.69 Å². The zero-order valence-corrected chi connectivity index (χ0v) is 18.4. The highest BCUT2D eigenvalue weighted by Crippen LogP contribution is 2.43. The number of piperazine rings is 1. The molecule has 0 unspecified atom stereocenters. The van der Waals surface area contributed by atoms with Gasteiger partial charge >= 0.3 is 0 Å². The summed E-state index contributed by atoms with van der Waals surface area (Å²) in [5.74, 6) is 1.88. The lowest BCUT2D eigenvalue weighted by Crippen LogP contribution is -2.43. The molecule has 0 spiro atoms. The first kappa shape index (κ1) is 21.2. The Morgan fingerprint density at radius 3 is 2.55 bits per heavy atom. The molecule has 4 rings (SSSR count). The second kappa shape index (κ2) is 8.61. The van der Waals surface area contributed by atoms with Crippen LogP contribution in [0.15, 0.2) is 30.0 Å². The number of methoxy groups -OCH3 is 2. The Kier molecular flexibility index (Phi) is 5.89. The maximum atomic E-state index is 13.2. The monoisotopic (exact) mass is 424 g/mol. The smallest absolute Gasteiger partial charge is 0.232 e. The summed E-state index contributed by atoms with van der Waals surface area (Å²) in [6.45, 7) is 6.08. The highest BCUT2D eigenvalue weighted by Gasteiger charge is 2.34. The summed E-state index contributed by atoms with van der Waals surface area (Å²) < 4.78 is 16.8. The molecule has 0 amide bonds. The summed E-state index contributed by atoms with van der Waals surface area (Å²) in [7, 11) is 5.26. The first-order valence-corrected chi connectivity index (χ1v) is 10.3. The summed E-state index contributed by atoms with van der Waals surface area (Å²) in [5, 5.41) is 10.7. The van der Waals surface area contributed by atoms with Crippen molar-refractivity contribution in [2.45, 2.75) is 13.5 Å². The number of carbonyl (C=O) groups excluding carboxylic acids is 1. The number of nitrogens with zero attached hydrogens (tertiary/aromatic N) is 2. The van der Waals surface area contributed by atoms with Crippen LogP contribution in [0.1, 0.15) is 27.0 Å². The fourth-order valence-corrected chi connectivity index (χ4v) is 4.06. The second-order valence-corrected chi connectivity index (χ2v) is 8.02. The van der Waals surface area contributed by atoms with Crippen molar-refractivity contribution in [2.75, 3.05) is 47.4 Å². The first-order valence-electron chi connectivity index (χ1n) is 10.3. The topological polar surface area (TPSA) is 71.5 Å². The molecule has 2 aromatic rings. The van der Waals surface area contributed by atoms with Gasteiger partial charge in [0, 0.05) is 38.3 Å². The minimum atomic E-state index is -0.197. The third-order valence-electron chi connectivity index (χ3n) is 5.92. The molecule has 7 heteroatoms. The van der Waals surface area contributed by atoms with Crippen LogP contribution in [-0.4, -0.2) is 68.1 Å². The molecule has 0 radical (unpaired) electrons. The van der Waals surface area contributed by atoms with Gasteiger partial charge < -0.3 is 24.2 Å². The van der Waals surface area contributed by atoms with Crippen LogP contribution in [0.25, 0.3) is 6.08 Å². The number of ketones is 1. The van der Waals surface area contributed by atoms with Crippen molar-refractivity contribution in [3.63, 3.8) is 0 Å². The Morgan fingerprint density at radius 2 is 1.87 bits per heavy atom. The molecule has 0 aromatic heterocycles. The highest BCUT2D eigenvalue weighted by atomic mass is 16.5. The lowest BCUT2D eigenvalue weighted by atomic mass is 9.99. The van der Waals surface area contributed by atoms with E-state index in [-0.39, 0.29) is 17.3 Å². The molecule has 1 fully saturated rings. The molecular weight excluding hydrogens is 396 g/mol. The molecule has 0 atom stereocenters. The van der Waals surface area contributed by atoms with E-state index in [1.807, 2.05) is 6.92 Å². The molecule has 7 nitrogen and oxygen atoms in total. The molecule has 1 N–H and O–H groups in total. The summed E-state index contributed by atoms with van der Waals surface area (Å²) in [5.41, 5.74) is 2.54. The summed E-state index contributed by atoms with van der Waals surface area (Å²) in [6.07, 6.45) is 1.67. The number of allylic oxidation sites excluding steroid dienone is 1. The molecule has 2 aliphatic rings. The number of aromatic hydroxyl groups is 1. The number of phenolic OH excluding ortho intramolecular Hbond substituents is 1. The molecule has 1 saturated heterocycles. The van der Waals surface area contributed by atoms with Crippen LogP contribution in [0.4, 0.5) is 0 Å². The van der Waals surface area contributed by atoms with Crippen LogP contribution in [0.2, 0.25) is 0 Å². The van der Waals surface area contributed by atoms with Gasteiger partial charge in [-0.2, -0.15) is 0 Å². The maximum absolute atomic E-state index is 13.2. The summed E-state index contributed by atoms with van der Waals surface area (Å²) in [6, 6.07) is 7.03. The predicted octanol–water partition coefficient (Wildman–Crippen LogP) is 3.08. The molecular formula is C24H28N2O5. The standard InChI is InChI=1S/C24H28N2O5/c1-15-11-19(27)18(14-26-9-7-25(2)8-10-26)24-22(15)23(28)21(31-24)13-16-12-17(29-3)5-6-20(16)30-4/h5-6,11-13,27H,7-10,14H2,1-4H3/b21-13-. The van der Waals surface area contributed by atoms with E-state index in [4.69, 9.17) is 14.2 Å². The van der Waals surface area contributed by atoms with Crippen LogP contribution < -0.4 is 14.2 Å². The number of carbonyl (C=O) groups is 1. The number of ether oxygens (including phenoxy) is 3. The fourth-order valence-electron chi connectivity index (χ4n) is 4.06. The number of Topliss-reactive ketones (excluding diaryl/α,β-unsaturated/α-hetero) is 1. The second-order valence-electron chi connectivity index (χ2n) is 8.02. The van der Waals surface area contributed by atoms with E-state index in [0.29, 0.717) is 46.0 Å². The summed E-state index contributed by atoms with van der Waals surface area (Å²) >= 11 is 0. The van der Waals surface area contributed by atoms with E-state index in [1.165, 1.54) is 0 Å². The van der Waals surface area contributed by atoms with Crippen molar-refractivity contribution in [3.05, 3.63) is 52.3 Å². The number of fused-ring (bicyclic) bond motifs is 1. The third-order valence-corrected chi connectivity index (χ3v) is 5.92. The van der Waals surface area contributed by atoms with Crippen molar-refractivity contribution >= 4 is 11.9 Å². The van der Waals surface area contributed by atoms with E-state index in [0.717, 1.165) is 26.2 Å². The number of benzene rings is 2. The van der Waals surface area contributed by atoms with Crippen molar-refractivity contribution < 1.29 is 24.1 Å². The number of aryl methyl sites for hydroxylation is 1. The molecule has 0 aliphatic carbocycles. The zero-order valence-electron chi connectivity index (χ0n) is 18.4. The van der Waals surface area contributed by atoms with Crippen molar-refractivity contribution in [1.29, 1.82) is 0 Å². The van der Waals surface area contributed by atoms with Crippen LogP contribution in [0.5, 0.6) is 23.0 Å². The van der Waals surface area contributed by atoms with Crippen LogP contribution in [0.3, 0.4) is 0 Å². The van der Waals surface area contributed by atoms with E-state index in [1.54, 1.807) is 44.6 Å². The molecule has 31 heavy (non-hydrogen) atoms. The van der Waals surface area contributed by atoms with Crippen LogP contribution in [0, 0.1) is 6.92 Å². The molecule has 2 heterocycles. The van der Waals surface area contributed by atoms with Gasteiger partial charge in [0.2, 0.25) is 5.78 Å². The van der Waals surface area contributed by atoms with E-state index in [2.05, 4.69) is 16.8 Å². The fraction of sp³-hybridized carbons (Fsp3) is 0.375. The Hall–Kier alpha value is -3.03. The summed E-state index contributed by atoms with van der Waals surface area (Å²) in [4.78, 5) is 17.8. The van der Waals surface area contributed by atoms with E-state index >= 15 is 0 Å². The number of phenols is 1. The highest BCUT2D eigenvalue weighted by molar-refractivity contribution is 6.16. The van der Waals surface area contributed by atoms with Crippen molar-refractivity contribution in [2.24, 2.45) is 0 Å². The van der Waals surface area contributed by atoms with Gasteiger partial charge in [-0.15, -0.1) is 0 Å². The Morgan fingerprint density at radius 1 is 1.13 bits per heavy atom. The third kappa shape index (κ3) is 4.11. The largest absolute Gasteiger partial charge is 0.507 e.